The second-order valence-corrected chi connectivity index (χ2v) is 9.07. The summed E-state index contributed by atoms with van der Waals surface area (Å²) in [5.41, 5.74) is 0. The number of carbonyl (C=O) groups excluding carboxylic acids is 1. The molecular weight excluding hydrogens is 473 g/mol. The van der Waals surface area contributed by atoms with Gasteiger partial charge in [-0.2, -0.15) is 0 Å². The number of benzene rings is 1. The maximum Gasteiger partial charge on any atom is 0.573 e. The summed E-state index contributed by atoms with van der Waals surface area (Å²) in [6, 6.07) is 7.34. The third-order valence-corrected chi connectivity index (χ3v) is 6.37. The molecule has 0 bridgehead atoms. The normalized spacial score (nSPS) is 15.0. The molecule has 0 radical (unpaired) electrons. The van der Waals surface area contributed by atoms with E-state index in [-0.39, 0.29) is 23.8 Å². The monoisotopic (exact) mass is 492 g/mol. The van der Waals surface area contributed by atoms with E-state index in [2.05, 4.69) is 14.4 Å². The fourth-order valence-electron chi connectivity index (χ4n) is 3.09. The molecule has 1 aromatic heterocycles. The van der Waals surface area contributed by atoms with Crippen molar-refractivity contribution in [3.8, 4) is 5.75 Å². The lowest BCUT2D eigenvalue weighted by Gasteiger charge is -2.35. The zero-order valence-corrected chi connectivity index (χ0v) is 18.3. The third-order valence-electron chi connectivity index (χ3n) is 4.67. The molecule has 2 heterocycles. The van der Waals surface area contributed by atoms with Crippen LogP contribution in [0.3, 0.4) is 0 Å². The predicted molar refractivity (Wildman–Crippen MR) is 111 cm³/mol. The highest BCUT2D eigenvalue weighted by Gasteiger charge is 2.31. The molecule has 1 N–H and O–H groups in total. The molecule has 1 amide bonds. The number of anilines is 1. The summed E-state index contributed by atoms with van der Waals surface area (Å²) in [5, 5.41) is 0.538. The van der Waals surface area contributed by atoms with E-state index in [0.29, 0.717) is 31.2 Å². The number of rotatable bonds is 7. The number of alkyl halides is 3. The van der Waals surface area contributed by atoms with Crippen molar-refractivity contribution in [1.29, 1.82) is 0 Å². The number of halogens is 4. The molecule has 0 spiro atoms. The standard InChI is InChI=1S/C19H20ClF3N4O4S/c20-14-1-6-17(24-13-14)26-9-11-27(12-10-26)18(28)7-8-25-32(29,30)16-4-2-15(3-5-16)31-19(21,22)23/h1-6,13,25H,7-12H2. The molecule has 2 aromatic rings. The van der Waals surface area contributed by atoms with Crippen LogP contribution in [0.5, 0.6) is 5.75 Å². The molecule has 0 atom stereocenters. The second-order valence-electron chi connectivity index (χ2n) is 6.87. The zero-order valence-electron chi connectivity index (χ0n) is 16.7. The molecule has 1 aliphatic heterocycles. The van der Waals surface area contributed by atoms with Crippen molar-refractivity contribution in [1.82, 2.24) is 14.6 Å². The number of carbonyl (C=O) groups is 1. The molecule has 1 aliphatic rings. The van der Waals surface area contributed by atoms with E-state index in [1.807, 2.05) is 4.90 Å². The van der Waals surface area contributed by atoms with E-state index in [9.17, 15) is 26.4 Å². The Bertz CT molecular complexity index is 1030. The highest BCUT2D eigenvalue weighted by molar-refractivity contribution is 7.89. The van der Waals surface area contributed by atoms with Crippen molar-refractivity contribution in [2.45, 2.75) is 17.7 Å². The number of pyridine rings is 1. The van der Waals surface area contributed by atoms with Gasteiger partial charge in [0.15, 0.2) is 0 Å². The summed E-state index contributed by atoms with van der Waals surface area (Å²) in [6.07, 6.45) is -3.36. The van der Waals surface area contributed by atoms with Crippen LogP contribution in [-0.4, -0.2) is 63.3 Å². The highest BCUT2D eigenvalue weighted by Crippen LogP contribution is 2.24. The van der Waals surface area contributed by atoms with Crippen LogP contribution in [0, 0.1) is 0 Å². The highest BCUT2D eigenvalue weighted by atomic mass is 35.5. The van der Waals surface area contributed by atoms with E-state index in [1.54, 1.807) is 23.2 Å². The van der Waals surface area contributed by atoms with Crippen molar-refractivity contribution in [3.63, 3.8) is 0 Å². The smallest absolute Gasteiger partial charge is 0.406 e. The minimum absolute atomic E-state index is 0.0479. The number of nitrogens with zero attached hydrogens (tertiary/aromatic N) is 3. The number of sulfonamides is 1. The first-order valence-electron chi connectivity index (χ1n) is 9.53. The van der Waals surface area contributed by atoms with E-state index in [4.69, 9.17) is 11.6 Å². The van der Waals surface area contributed by atoms with Crippen molar-refractivity contribution >= 4 is 33.3 Å². The maximum atomic E-state index is 12.4. The number of amides is 1. The fraction of sp³-hybridized carbons (Fsp3) is 0.368. The van der Waals surface area contributed by atoms with Crippen LogP contribution in [0.25, 0.3) is 0 Å². The largest absolute Gasteiger partial charge is 0.573 e. The van der Waals surface area contributed by atoms with Gasteiger partial charge in [-0.25, -0.2) is 18.1 Å². The first kappa shape index (κ1) is 24.1. The number of nitrogens with one attached hydrogen (secondary N) is 1. The summed E-state index contributed by atoms with van der Waals surface area (Å²) in [5.74, 6) is 0.0332. The van der Waals surface area contributed by atoms with Gasteiger partial charge in [0.05, 0.1) is 9.92 Å². The van der Waals surface area contributed by atoms with E-state index < -0.39 is 22.1 Å². The average Bonchev–Trinajstić information content (AvgIpc) is 2.73. The second kappa shape index (κ2) is 9.92. The lowest BCUT2D eigenvalue weighted by atomic mass is 10.2. The molecule has 3 rings (SSSR count). The van der Waals surface area contributed by atoms with Crippen molar-refractivity contribution in [2.24, 2.45) is 0 Å². The minimum Gasteiger partial charge on any atom is -0.406 e. The summed E-state index contributed by atoms with van der Waals surface area (Å²) < 4.78 is 67.2. The van der Waals surface area contributed by atoms with Gasteiger partial charge in [-0.05, 0) is 36.4 Å². The van der Waals surface area contributed by atoms with E-state index >= 15 is 0 Å². The van der Waals surface area contributed by atoms with Gasteiger partial charge in [0, 0.05) is 45.3 Å². The average molecular weight is 493 g/mol. The van der Waals surface area contributed by atoms with Crippen molar-refractivity contribution in [2.75, 3.05) is 37.6 Å². The number of piperazine rings is 1. The fourth-order valence-corrected chi connectivity index (χ4v) is 4.24. The number of ether oxygens (including phenoxy) is 1. The Morgan fingerprint density at radius 2 is 1.75 bits per heavy atom. The van der Waals surface area contributed by atoms with Crippen molar-refractivity contribution < 1.29 is 31.1 Å². The number of hydrogen-bond acceptors (Lipinski definition) is 6. The Hall–Kier alpha value is -2.57. The molecule has 1 fully saturated rings. The molecule has 0 aliphatic carbocycles. The first-order valence-corrected chi connectivity index (χ1v) is 11.4. The van der Waals surface area contributed by atoms with Gasteiger partial charge in [0.1, 0.15) is 11.6 Å². The number of hydrogen-bond donors (Lipinski definition) is 1. The van der Waals surface area contributed by atoms with Crippen LogP contribution in [-0.2, 0) is 14.8 Å². The minimum atomic E-state index is -4.87. The van der Waals surface area contributed by atoms with Crippen LogP contribution in [0.1, 0.15) is 6.42 Å². The molecule has 1 saturated heterocycles. The van der Waals surface area contributed by atoms with Gasteiger partial charge in [-0.1, -0.05) is 11.6 Å². The van der Waals surface area contributed by atoms with Crippen LogP contribution < -0.4 is 14.4 Å². The summed E-state index contributed by atoms with van der Waals surface area (Å²) in [4.78, 5) is 20.1. The van der Waals surface area contributed by atoms with Gasteiger partial charge in [0.2, 0.25) is 15.9 Å². The lowest BCUT2D eigenvalue weighted by molar-refractivity contribution is -0.274. The van der Waals surface area contributed by atoms with Gasteiger partial charge < -0.3 is 14.5 Å². The Morgan fingerprint density at radius 1 is 1.09 bits per heavy atom. The van der Waals surface area contributed by atoms with Crippen LogP contribution in [0.15, 0.2) is 47.5 Å². The zero-order chi connectivity index (χ0) is 23.4. The molecule has 13 heteroatoms. The molecule has 0 saturated carbocycles. The molecule has 0 unspecified atom stereocenters. The predicted octanol–water partition coefficient (Wildman–Crippen LogP) is 2.65. The van der Waals surface area contributed by atoms with Crippen LogP contribution >= 0.6 is 11.6 Å². The number of aromatic nitrogens is 1. The third kappa shape index (κ3) is 6.71. The van der Waals surface area contributed by atoms with Gasteiger partial charge in [-0.3, -0.25) is 4.79 Å². The van der Waals surface area contributed by atoms with Crippen LogP contribution in [0.2, 0.25) is 5.02 Å². The van der Waals surface area contributed by atoms with E-state index in [1.165, 1.54) is 0 Å². The summed E-state index contributed by atoms with van der Waals surface area (Å²) in [7, 11) is -3.98. The molecule has 32 heavy (non-hydrogen) atoms. The Morgan fingerprint density at radius 3 is 2.31 bits per heavy atom. The van der Waals surface area contributed by atoms with Gasteiger partial charge in [-0.15, -0.1) is 13.2 Å². The first-order chi connectivity index (χ1) is 15.0. The molecule has 1 aromatic carbocycles. The Balaban J connectivity index is 1.45. The Kier molecular flexibility index (Phi) is 7.47. The summed E-state index contributed by atoms with van der Waals surface area (Å²) >= 11 is 5.84. The molecule has 8 nitrogen and oxygen atoms in total. The van der Waals surface area contributed by atoms with Gasteiger partial charge >= 0.3 is 6.36 Å². The van der Waals surface area contributed by atoms with Crippen molar-refractivity contribution in [3.05, 3.63) is 47.6 Å². The Labute approximate surface area is 188 Å². The quantitative estimate of drug-likeness (QED) is 0.639. The molecule has 174 valence electrons. The van der Waals surface area contributed by atoms with E-state index in [0.717, 1.165) is 30.1 Å². The van der Waals surface area contributed by atoms with Gasteiger partial charge in [0.25, 0.3) is 0 Å². The lowest BCUT2D eigenvalue weighted by Crippen LogP contribution is -2.49. The topological polar surface area (TPSA) is 91.8 Å². The van der Waals surface area contributed by atoms with Crippen LogP contribution in [0.4, 0.5) is 19.0 Å². The summed E-state index contributed by atoms with van der Waals surface area (Å²) in [6.45, 7) is 1.96. The molecular formula is C19H20ClF3N4O4S. The maximum absolute atomic E-state index is 12.4. The SMILES string of the molecule is O=C(CCNS(=O)(=O)c1ccc(OC(F)(F)F)cc1)N1CCN(c2ccc(Cl)cn2)CC1.